The van der Waals surface area contributed by atoms with Crippen molar-refractivity contribution in [2.75, 3.05) is 10.2 Å². The number of aryl methyl sites for hydroxylation is 1. The molecule has 0 atom stereocenters. The van der Waals surface area contributed by atoms with E-state index < -0.39 is 0 Å². The summed E-state index contributed by atoms with van der Waals surface area (Å²) < 4.78 is 0. The Balaban J connectivity index is 0.000000224. The summed E-state index contributed by atoms with van der Waals surface area (Å²) in [6, 6.07) is 48.4. The van der Waals surface area contributed by atoms with Crippen molar-refractivity contribution in [2.24, 2.45) is 0 Å². The first-order valence-electron chi connectivity index (χ1n) is 13.5. The normalized spacial score (nSPS) is 10.9. The van der Waals surface area contributed by atoms with Crippen LogP contribution in [0, 0.1) is 6.92 Å². The highest BCUT2D eigenvalue weighted by Crippen LogP contribution is 2.36. The Morgan fingerprint density at radius 1 is 0.625 bits per heavy atom. The van der Waals surface area contributed by atoms with Crippen molar-refractivity contribution in [2.45, 2.75) is 13.8 Å². The van der Waals surface area contributed by atoms with Crippen LogP contribution in [0.5, 0.6) is 0 Å². The summed E-state index contributed by atoms with van der Waals surface area (Å²) in [6.45, 7) is 7.79. The Hall–Kier alpha value is -5.08. The van der Waals surface area contributed by atoms with Crippen molar-refractivity contribution in [1.82, 2.24) is 0 Å². The molecule has 198 valence electrons. The Morgan fingerprint density at radius 3 is 1.75 bits per heavy atom. The summed E-state index contributed by atoms with van der Waals surface area (Å²) in [6.07, 6.45) is 7.68. The largest absolute Gasteiger partial charge is 0.356 e. The van der Waals surface area contributed by atoms with Gasteiger partial charge in [-0.15, -0.1) is 0 Å². The number of nitrogens with one attached hydrogen (secondary N) is 1. The third-order valence-corrected chi connectivity index (χ3v) is 6.39. The number of nitrogens with zero attached hydrogens (tertiary/aromatic N) is 1. The van der Waals surface area contributed by atoms with Gasteiger partial charge < -0.3 is 10.2 Å². The molecule has 0 aliphatic rings. The smallest absolute Gasteiger partial charge is 0.0490 e. The van der Waals surface area contributed by atoms with E-state index in [9.17, 15) is 0 Å². The maximum atomic E-state index is 3.63. The zero-order chi connectivity index (χ0) is 28.0. The number of para-hydroxylation sites is 3. The minimum Gasteiger partial charge on any atom is -0.356 e. The average molecular weight is 521 g/mol. The number of anilines is 4. The lowest BCUT2D eigenvalue weighted by Gasteiger charge is -2.27. The molecule has 0 spiro atoms. The molecule has 0 saturated carbocycles. The van der Waals surface area contributed by atoms with Crippen LogP contribution in [0.2, 0.25) is 0 Å². The predicted octanol–water partition coefficient (Wildman–Crippen LogP) is 10.9. The fraction of sp³-hybridized carbons (Fsp3) is 0.0526. The second kappa shape index (κ2) is 14.8. The molecule has 5 rings (SSSR count). The van der Waals surface area contributed by atoms with Crippen LogP contribution in [0.3, 0.4) is 0 Å². The molecule has 2 heteroatoms. The quantitative estimate of drug-likeness (QED) is 0.205. The molecule has 0 heterocycles. The van der Waals surface area contributed by atoms with Crippen molar-refractivity contribution in [3.8, 4) is 11.1 Å². The minimum absolute atomic E-state index is 1.07. The summed E-state index contributed by atoms with van der Waals surface area (Å²) in [4.78, 5) is 2.31. The van der Waals surface area contributed by atoms with E-state index in [0.717, 1.165) is 22.8 Å². The number of benzene rings is 5. The van der Waals surface area contributed by atoms with Gasteiger partial charge in [0.2, 0.25) is 0 Å². The predicted molar refractivity (Wildman–Crippen MR) is 174 cm³/mol. The van der Waals surface area contributed by atoms with Gasteiger partial charge in [-0.05, 0) is 79.1 Å². The zero-order valence-corrected chi connectivity index (χ0v) is 23.2. The zero-order valence-electron chi connectivity index (χ0n) is 23.2. The lowest BCUT2D eigenvalue weighted by molar-refractivity contribution is 1.25. The highest BCUT2D eigenvalue weighted by Gasteiger charge is 2.13. The Labute approximate surface area is 239 Å². The van der Waals surface area contributed by atoms with E-state index in [4.69, 9.17) is 0 Å². The SMILES string of the molecule is C=C/C=C\C(=C/C)Nc1ccccc1.Cc1ccccc1N(c1ccccc1)c1ccc(-c2ccccc2)cc1. The van der Waals surface area contributed by atoms with E-state index >= 15 is 0 Å². The van der Waals surface area contributed by atoms with Gasteiger partial charge in [-0.2, -0.15) is 0 Å². The number of hydrogen-bond donors (Lipinski definition) is 1. The second-order valence-electron chi connectivity index (χ2n) is 9.20. The molecular formula is C38H36N2. The van der Waals surface area contributed by atoms with Crippen molar-refractivity contribution in [1.29, 1.82) is 0 Å². The summed E-state index contributed by atoms with van der Waals surface area (Å²) in [5.41, 5.74) is 9.40. The fourth-order valence-electron chi connectivity index (χ4n) is 4.32. The molecule has 0 aliphatic carbocycles. The van der Waals surface area contributed by atoms with Gasteiger partial charge in [0, 0.05) is 28.4 Å². The summed E-state index contributed by atoms with van der Waals surface area (Å²) in [7, 11) is 0. The molecule has 0 unspecified atom stereocenters. The topological polar surface area (TPSA) is 15.3 Å². The van der Waals surface area contributed by atoms with Crippen molar-refractivity contribution in [3.05, 3.63) is 182 Å². The lowest BCUT2D eigenvalue weighted by Crippen LogP contribution is -2.11. The van der Waals surface area contributed by atoms with Crippen LogP contribution in [0.15, 0.2) is 176 Å². The molecule has 0 aliphatic heterocycles. The maximum Gasteiger partial charge on any atom is 0.0490 e. The second-order valence-corrected chi connectivity index (χ2v) is 9.20. The van der Waals surface area contributed by atoms with Crippen LogP contribution in [0.1, 0.15) is 12.5 Å². The molecule has 0 fully saturated rings. The molecule has 2 nitrogen and oxygen atoms in total. The lowest BCUT2D eigenvalue weighted by atomic mass is 10.0. The monoisotopic (exact) mass is 520 g/mol. The van der Waals surface area contributed by atoms with E-state index in [-0.39, 0.29) is 0 Å². The van der Waals surface area contributed by atoms with Crippen LogP contribution in [0.25, 0.3) is 11.1 Å². The standard InChI is InChI=1S/C25H21N.C13H15N/c1-20-10-8-9-15-25(20)26(23-13-6-3-7-14-23)24-18-16-22(17-19-24)21-11-4-2-5-12-21;1-3-5-9-12(4-2)14-13-10-7-6-8-11-13/h2-19H,1H3;3-11,14H,1H2,2H3/b;9-5-,12-4+. The van der Waals surface area contributed by atoms with E-state index in [2.05, 4.69) is 127 Å². The molecule has 5 aromatic carbocycles. The van der Waals surface area contributed by atoms with Gasteiger partial charge in [-0.25, -0.2) is 0 Å². The molecular weight excluding hydrogens is 484 g/mol. The van der Waals surface area contributed by atoms with E-state index in [0.29, 0.717) is 0 Å². The first-order chi connectivity index (χ1) is 19.7. The number of rotatable bonds is 8. The third kappa shape index (κ3) is 7.72. The van der Waals surface area contributed by atoms with Crippen molar-refractivity contribution in [3.63, 3.8) is 0 Å². The van der Waals surface area contributed by atoms with E-state index in [1.807, 2.05) is 61.5 Å². The Morgan fingerprint density at radius 2 is 1.15 bits per heavy atom. The molecule has 0 radical (unpaired) electrons. The van der Waals surface area contributed by atoms with Crippen LogP contribution in [-0.2, 0) is 0 Å². The highest BCUT2D eigenvalue weighted by atomic mass is 15.1. The summed E-state index contributed by atoms with van der Waals surface area (Å²) in [5.74, 6) is 0. The molecule has 0 bridgehead atoms. The van der Waals surface area contributed by atoms with Crippen molar-refractivity contribution >= 4 is 22.7 Å². The molecule has 0 aromatic heterocycles. The fourth-order valence-corrected chi connectivity index (χ4v) is 4.32. The first-order valence-corrected chi connectivity index (χ1v) is 13.5. The van der Waals surface area contributed by atoms with Crippen molar-refractivity contribution < 1.29 is 0 Å². The van der Waals surface area contributed by atoms with Gasteiger partial charge in [0.1, 0.15) is 0 Å². The third-order valence-electron chi connectivity index (χ3n) is 6.39. The maximum absolute atomic E-state index is 3.63. The van der Waals surface area contributed by atoms with Gasteiger partial charge in [0.05, 0.1) is 0 Å². The Kier molecular flexibility index (Phi) is 10.3. The Bertz CT molecular complexity index is 1520. The first kappa shape index (κ1) is 27.9. The number of hydrogen-bond acceptors (Lipinski definition) is 2. The van der Waals surface area contributed by atoms with Gasteiger partial charge >= 0.3 is 0 Å². The number of allylic oxidation sites excluding steroid dienone is 4. The summed E-state index contributed by atoms with van der Waals surface area (Å²) in [5, 5.41) is 3.29. The van der Waals surface area contributed by atoms with E-state index in [1.54, 1.807) is 6.08 Å². The van der Waals surface area contributed by atoms with Gasteiger partial charge in [0.25, 0.3) is 0 Å². The average Bonchev–Trinajstić information content (AvgIpc) is 3.02. The van der Waals surface area contributed by atoms with Gasteiger partial charge in [-0.1, -0.05) is 122 Å². The molecule has 0 saturated heterocycles. The molecule has 40 heavy (non-hydrogen) atoms. The van der Waals surface area contributed by atoms with Crippen LogP contribution in [0.4, 0.5) is 22.7 Å². The summed E-state index contributed by atoms with van der Waals surface area (Å²) >= 11 is 0. The molecule has 1 N–H and O–H groups in total. The molecule has 0 amide bonds. The van der Waals surface area contributed by atoms with Gasteiger partial charge in [-0.3, -0.25) is 0 Å². The van der Waals surface area contributed by atoms with E-state index in [1.165, 1.54) is 22.4 Å². The van der Waals surface area contributed by atoms with Crippen LogP contribution in [-0.4, -0.2) is 0 Å². The minimum atomic E-state index is 1.07. The highest BCUT2D eigenvalue weighted by molar-refractivity contribution is 5.79. The van der Waals surface area contributed by atoms with Crippen LogP contribution < -0.4 is 10.2 Å². The van der Waals surface area contributed by atoms with Crippen LogP contribution >= 0.6 is 0 Å². The van der Waals surface area contributed by atoms with Gasteiger partial charge in [0.15, 0.2) is 0 Å². The molecule has 5 aromatic rings.